The Morgan fingerprint density at radius 1 is 1.52 bits per heavy atom. The van der Waals surface area contributed by atoms with Gasteiger partial charge in [0.25, 0.3) is 0 Å². The molecule has 1 aromatic rings. The first-order valence-corrected chi connectivity index (χ1v) is 6.93. The number of rotatable bonds is 7. The van der Waals surface area contributed by atoms with Crippen LogP contribution in [-0.2, 0) is 4.79 Å². The van der Waals surface area contributed by atoms with Crippen LogP contribution in [0.5, 0.6) is 5.75 Å². The first kappa shape index (κ1) is 15.7. The highest BCUT2D eigenvalue weighted by atomic mass is 19.1. The standard InChI is InChI=1S/C15H19F2NO3/c1-9(21-13-7-10(16)3-6-12(13)17)8-15(2,14(19)20)18-11-4-5-11/h3,6-7,9,11,18H,4-5,8H2,1-2H3,(H,19,20). The van der Waals surface area contributed by atoms with Crippen LogP contribution >= 0.6 is 0 Å². The zero-order valence-electron chi connectivity index (χ0n) is 12.0. The molecule has 0 aliphatic heterocycles. The van der Waals surface area contributed by atoms with Gasteiger partial charge in [-0.2, -0.15) is 0 Å². The summed E-state index contributed by atoms with van der Waals surface area (Å²) in [5, 5.41) is 12.4. The zero-order chi connectivity index (χ0) is 15.6. The van der Waals surface area contributed by atoms with Gasteiger partial charge in [0.05, 0.1) is 6.10 Å². The van der Waals surface area contributed by atoms with Crippen molar-refractivity contribution in [2.24, 2.45) is 0 Å². The third-order valence-electron chi connectivity index (χ3n) is 3.49. The number of aliphatic carboxylic acids is 1. The smallest absolute Gasteiger partial charge is 0.323 e. The second-order valence-electron chi connectivity index (χ2n) is 5.76. The summed E-state index contributed by atoms with van der Waals surface area (Å²) in [6.07, 6.45) is 1.48. The molecule has 2 N–H and O–H groups in total. The summed E-state index contributed by atoms with van der Waals surface area (Å²) in [6.45, 7) is 3.22. The summed E-state index contributed by atoms with van der Waals surface area (Å²) in [7, 11) is 0. The number of ether oxygens (including phenoxy) is 1. The molecule has 0 aromatic heterocycles. The normalized spacial score (nSPS) is 18.9. The summed E-state index contributed by atoms with van der Waals surface area (Å²) in [5.74, 6) is -2.46. The largest absolute Gasteiger partial charge is 0.487 e. The minimum Gasteiger partial charge on any atom is -0.487 e. The Hall–Kier alpha value is -1.69. The van der Waals surface area contributed by atoms with Crippen molar-refractivity contribution < 1.29 is 23.4 Å². The number of nitrogens with one attached hydrogen (secondary N) is 1. The van der Waals surface area contributed by atoms with Gasteiger partial charge in [-0.1, -0.05) is 0 Å². The maximum Gasteiger partial charge on any atom is 0.323 e. The highest BCUT2D eigenvalue weighted by molar-refractivity contribution is 5.78. The van der Waals surface area contributed by atoms with E-state index in [1.54, 1.807) is 13.8 Å². The van der Waals surface area contributed by atoms with Crippen molar-refractivity contribution in [2.75, 3.05) is 0 Å². The molecule has 2 atom stereocenters. The van der Waals surface area contributed by atoms with E-state index in [4.69, 9.17) is 4.74 Å². The molecule has 0 radical (unpaired) electrons. The molecule has 2 rings (SSSR count). The highest BCUT2D eigenvalue weighted by Crippen LogP contribution is 2.27. The molecule has 21 heavy (non-hydrogen) atoms. The van der Waals surface area contributed by atoms with Gasteiger partial charge in [-0.25, -0.2) is 8.78 Å². The molecule has 0 heterocycles. The van der Waals surface area contributed by atoms with Gasteiger partial charge in [0.2, 0.25) is 0 Å². The van der Waals surface area contributed by atoms with Gasteiger partial charge in [-0.15, -0.1) is 0 Å². The third kappa shape index (κ3) is 4.14. The van der Waals surface area contributed by atoms with Crippen molar-refractivity contribution in [3.8, 4) is 5.75 Å². The predicted molar refractivity (Wildman–Crippen MR) is 73.3 cm³/mol. The van der Waals surface area contributed by atoms with E-state index in [0.717, 1.165) is 31.0 Å². The van der Waals surface area contributed by atoms with Crippen molar-refractivity contribution in [3.05, 3.63) is 29.8 Å². The minimum atomic E-state index is -1.15. The molecule has 0 spiro atoms. The van der Waals surface area contributed by atoms with E-state index in [1.165, 1.54) is 0 Å². The first-order valence-electron chi connectivity index (χ1n) is 6.93. The number of benzene rings is 1. The van der Waals surface area contributed by atoms with Crippen molar-refractivity contribution in [1.29, 1.82) is 0 Å². The molecule has 1 aliphatic rings. The lowest BCUT2D eigenvalue weighted by atomic mass is 9.94. The molecule has 116 valence electrons. The minimum absolute atomic E-state index is 0.148. The molecule has 2 unspecified atom stereocenters. The Morgan fingerprint density at radius 3 is 2.76 bits per heavy atom. The fraction of sp³-hybridized carbons (Fsp3) is 0.533. The summed E-state index contributed by atoms with van der Waals surface area (Å²) in [5.41, 5.74) is -1.15. The summed E-state index contributed by atoms with van der Waals surface area (Å²) in [4.78, 5) is 11.4. The van der Waals surface area contributed by atoms with Crippen LogP contribution < -0.4 is 10.1 Å². The molecule has 1 fully saturated rings. The monoisotopic (exact) mass is 299 g/mol. The van der Waals surface area contributed by atoms with Crippen LogP contribution in [0.4, 0.5) is 8.78 Å². The molecule has 0 saturated heterocycles. The lowest BCUT2D eigenvalue weighted by molar-refractivity contribution is -0.145. The average molecular weight is 299 g/mol. The van der Waals surface area contributed by atoms with Gasteiger partial charge in [0.15, 0.2) is 11.6 Å². The first-order chi connectivity index (χ1) is 9.80. The van der Waals surface area contributed by atoms with Gasteiger partial charge < -0.3 is 9.84 Å². The van der Waals surface area contributed by atoms with Crippen LogP contribution in [0.15, 0.2) is 18.2 Å². The lowest BCUT2D eigenvalue weighted by Crippen LogP contribution is -2.52. The fourth-order valence-electron chi connectivity index (χ4n) is 2.29. The third-order valence-corrected chi connectivity index (χ3v) is 3.49. The number of hydrogen-bond acceptors (Lipinski definition) is 3. The van der Waals surface area contributed by atoms with Gasteiger partial charge in [0, 0.05) is 18.5 Å². The molecule has 1 aliphatic carbocycles. The van der Waals surface area contributed by atoms with Crippen LogP contribution in [0.25, 0.3) is 0 Å². The number of halogens is 2. The van der Waals surface area contributed by atoms with E-state index in [1.807, 2.05) is 0 Å². The summed E-state index contributed by atoms with van der Waals surface area (Å²) >= 11 is 0. The van der Waals surface area contributed by atoms with Crippen molar-refractivity contribution in [2.45, 2.75) is 50.8 Å². The van der Waals surface area contributed by atoms with E-state index in [0.29, 0.717) is 0 Å². The topological polar surface area (TPSA) is 58.6 Å². The van der Waals surface area contributed by atoms with E-state index < -0.39 is 29.2 Å². The van der Waals surface area contributed by atoms with Gasteiger partial charge >= 0.3 is 5.97 Å². The Morgan fingerprint density at radius 2 is 2.19 bits per heavy atom. The zero-order valence-corrected chi connectivity index (χ0v) is 12.0. The number of carboxylic acid groups (broad SMARTS) is 1. The van der Waals surface area contributed by atoms with E-state index >= 15 is 0 Å². The molecule has 1 saturated carbocycles. The van der Waals surface area contributed by atoms with E-state index in [2.05, 4.69) is 5.32 Å². The lowest BCUT2D eigenvalue weighted by Gasteiger charge is -2.29. The van der Waals surface area contributed by atoms with Crippen LogP contribution in [0.1, 0.15) is 33.1 Å². The Balaban J connectivity index is 2.03. The molecule has 4 nitrogen and oxygen atoms in total. The average Bonchev–Trinajstić information content (AvgIpc) is 3.17. The predicted octanol–water partition coefficient (Wildman–Crippen LogP) is 2.72. The number of hydrogen-bond donors (Lipinski definition) is 2. The SMILES string of the molecule is CC(CC(C)(NC1CC1)C(=O)O)Oc1cc(F)ccc1F. The molecular formula is C15H19F2NO3. The van der Waals surface area contributed by atoms with Crippen LogP contribution in [0, 0.1) is 11.6 Å². The second kappa shape index (κ2) is 5.97. The van der Waals surface area contributed by atoms with Crippen LogP contribution in [0.2, 0.25) is 0 Å². The second-order valence-corrected chi connectivity index (χ2v) is 5.76. The van der Waals surface area contributed by atoms with Crippen molar-refractivity contribution >= 4 is 5.97 Å². The molecule has 0 bridgehead atoms. The molecule has 0 amide bonds. The van der Waals surface area contributed by atoms with E-state index in [9.17, 15) is 18.7 Å². The fourth-order valence-corrected chi connectivity index (χ4v) is 2.29. The Labute approximate surface area is 122 Å². The number of carbonyl (C=O) groups is 1. The van der Waals surface area contributed by atoms with Crippen LogP contribution in [-0.4, -0.2) is 28.8 Å². The van der Waals surface area contributed by atoms with E-state index in [-0.39, 0.29) is 18.2 Å². The summed E-state index contributed by atoms with van der Waals surface area (Å²) < 4.78 is 32.0. The van der Waals surface area contributed by atoms with Crippen molar-refractivity contribution in [3.63, 3.8) is 0 Å². The maximum absolute atomic E-state index is 13.5. The molecular weight excluding hydrogens is 280 g/mol. The Kier molecular flexibility index (Phi) is 4.46. The quantitative estimate of drug-likeness (QED) is 0.813. The van der Waals surface area contributed by atoms with Crippen LogP contribution in [0.3, 0.4) is 0 Å². The van der Waals surface area contributed by atoms with Gasteiger partial charge in [0.1, 0.15) is 11.4 Å². The van der Waals surface area contributed by atoms with Crippen molar-refractivity contribution in [1.82, 2.24) is 5.32 Å². The van der Waals surface area contributed by atoms with Gasteiger partial charge in [-0.05, 0) is 38.8 Å². The Bertz CT molecular complexity index is 534. The maximum atomic E-state index is 13.5. The molecule has 1 aromatic carbocycles. The summed E-state index contributed by atoms with van der Waals surface area (Å²) in [6, 6.07) is 3.15. The number of carboxylic acids is 1. The molecule has 6 heteroatoms. The van der Waals surface area contributed by atoms with Gasteiger partial charge in [-0.3, -0.25) is 10.1 Å². The highest BCUT2D eigenvalue weighted by Gasteiger charge is 2.40.